The van der Waals surface area contributed by atoms with Gasteiger partial charge in [-0.05, 0) is 18.9 Å². The highest BCUT2D eigenvalue weighted by atomic mass is 16.2. The van der Waals surface area contributed by atoms with Crippen LogP contribution in [0.25, 0.3) is 0 Å². The number of hydrogen-bond acceptors (Lipinski definition) is 4. The lowest BCUT2D eigenvalue weighted by molar-refractivity contribution is 0.283. The van der Waals surface area contributed by atoms with Crippen molar-refractivity contribution in [1.29, 1.82) is 0 Å². The molecule has 15 heavy (non-hydrogen) atoms. The van der Waals surface area contributed by atoms with Crippen molar-refractivity contribution in [3.05, 3.63) is 18.5 Å². The average molecular weight is 209 g/mol. The lowest BCUT2D eigenvalue weighted by Gasteiger charge is -2.07. The van der Waals surface area contributed by atoms with Crippen molar-refractivity contribution in [2.45, 2.75) is 25.7 Å². The second kappa shape index (κ2) is 7.06. The third-order valence-electron chi connectivity index (χ3n) is 2.25. The molecule has 0 saturated heterocycles. The topological polar surface area (TPSA) is 71.2 Å². The van der Waals surface area contributed by atoms with Gasteiger partial charge in [0.15, 0.2) is 0 Å². The summed E-state index contributed by atoms with van der Waals surface area (Å²) in [5.74, 6) is 0. The lowest BCUT2D eigenvalue weighted by Crippen LogP contribution is -2.04. The maximum absolute atomic E-state index is 8.60. The number of unbranched alkanes of at least 4 members (excludes halogenated alkanes) is 3. The normalized spacial score (nSPS) is 10.2. The monoisotopic (exact) mass is 209 g/mol. The largest absolute Gasteiger partial charge is 0.396 e. The molecular formula is C11H19N3O. The first-order valence-electron chi connectivity index (χ1n) is 5.39. The van der Waals surface area contributed by atoms with Gasteiger partial charge in [-0.1, -0.05) is 12.8 Å². The van der Waals surface area contributed by atoms with E-state index in [9.17, 15) is 0 Å². The van der Waals surface area contributed by atoms with E-state index in [1.165, 1.54) is 0 Å². The van der Waals surface area contributed by atoms with Gasteiger partial charge in [0.2, 0.25) is 0 Å². The number of nitrogens with zero attached hydrogens (tertiary/aromatic N) is 1. The van der Waals surface area contributed by atoms with E-state index >= 15 is 0 Å². The van der Waals surface area contributed by atoms with Crippen molar-refractivity contribution in [1.82, 2.24) is 4.98 Å². The van der Waals surface area contributed by atoms with Crippen LogP contribution in [0.2, 0.25) is 0 Å². The van der Waals surface area contributed by atoms with Crippen molar-refractivity contribution in [2.75, 3.05) is 24.2 Å². The molecule has 1 aromatic heterocycles. The molecule has 4 heteroatoms. The van der Waals surface area contributed by atoms with Crippen molar-refractivity contribution >= 4 is 11.4 Å². The first-order valence-corrected chi connectivity index (χ1v) is 5.39. The second-order valence-corrected chi connectivity index (χ2v) is 3.53. The fraction of sp³-hybridized carbons (Fsp3) is 0.545. The number of nitrogen functional groups attached to an aromatic ring is 1. The van der Waals surface area contributed by atoms with Crippen molar-refractivity contribution in [3.63, 3.8) is 0 Å². The van der Waals surface area contributed by atoms with E-state index in [4.69, 9.17) is 10.8 Å². The van der Waals surface area contributed by atoms with Crippen LogP contribution in [-0.2, 0) is 0 Å². The summed E-state index contributed by atoms with van der Waals surface area (Å²) in [4.78, 5) is 3.92. The van der Waals surface area contributed by atoms with Crippen LogP contribution in [0.15, 0.2) is 18.5 Å². The van der Waals surface area contributed by atoms with Crippen LogP contribution in [0.1, 0.15) is 25.7 Å². The van der Waals surface area contributed by atoms with E-state index in [0.717, 1.165) is 37.9 Å². The van der Waals surface area contributed by atoms with Gasteiger partial charge in [-0.25, -0.2) is 0 Å². The molecule has 0 amide bonds. The molecule has 0 bridgehead atoms. The zero-order valence-corrected chi connectivity index (χ0v) is 8.95. The molecule has 4 nitrogen and oxygen atoms in total. The molecule has 0 fully saturated rings. The highest BCUT2D eigenvalue weighted by molar-refractivity contribution is 5.63. The summed E-state index contributed by atoms with van der Waals surface area (Å²) in [6, 6.07) is 1.88. The minimum absolute atomic E-state index is 0.296. The number of nitrogens with one attached hydrogen (secondary N) is 1. The van der Waals surface area contributed by atoms with E-state index < -0.39 is 0 Å². The zero-order valence-electron chi connectivity index (χ0n) is 8.95. The fourth-order valence-corrected chi connectivity index (χ4v) is 1.38. The van der Waals surface area contributed by atoms with Gasteiger partial charge in [-0.3, -0.25) is 4.98 Å². The summed E-state index contributed by atoms with van der Waals surface area (Å²) < 4.78 is 0. The summed E-state index contributed by atoms with van der Waals surface area (Å²) >= 11 is 0. The van der Waals surface area contributed by atoms with Crippen LogP contribution in [0.3, 0.4) is 0 Å². The Morgan fingerprint density at radius 2 is 2.07 bits per heavy atom. The van der Waals surface area contributed by atoms with E-state index in [1.54, 1.807) is 12.4 Å². The van der Waals surface area contributed by atoms with Crippen molar-refractivity contribution < 1.29 is 5.11 Å². The number of anilines is 2. The fourth-order valence-electron chi connectivity index (χ4n) is 1.38. The number of aliphatic hydroxyl groups is 1. The van der Waals surface area contributed by atoms with Crippen LogP contribution in [0.4, 0.5) is 11.4 Å². The first kappa shape index (κ1) is 11.8. The molecule has 0 radical (unpaired) electrons. The first-order chi connectivity index (χ1) is 7.34. The molecule has 0 saturated carbocycles. The van der Waals surface area contributed by atoms with Crippen molar-refractivity contribution in [3.8, 4) is 0 Å². The molecule has 0 spiro atoms. The Morgan fingerprint density at radius 1 is 1.27 bits per heavy atom. The van der Waals surface area contributed by atoms with Crippen LogP contribution in [0, 0.1) is 0 Å². The van der Waals surface area contributed by atoms with Gasteiger partial charge < -0.3 is 16.2 Å². The van der Waals surface area contributed by atoms with E-state index in [1.807, 2.05) is 6.07 Å². The number of aliphatic hydroxyl groups excluding tert-OH is 1. The zero-order chi connectivity index (χ0) is 10.9. The quantitative estimate of drug-likeness (QED) is 0.597. The van der Waals surface area contributed by atoms with Crippen LogP contribution in [-0.4, -0.2) is 23.2 Å². The van der Waals surface area contributed by atoms with Crippen LogP contribution >= 0.6 is 0 Å². The van der Waals surface area contributed by atoms with Gasteiger partial charge in [-0.15, -0.1) is 0 Å². The van der Waals surface area contributed by atoms with E-state index in [0.29, 0.717) is 12.3 Å². The molecule has 4 N–H and O–H groups in total. The molecular weight excluding hydrogens is 190 g/mol. The van der Waals surface area contributed by atoms with Gasteiger partial charge in [-0.2, -0.15) is 0 Å². The molecule has 1 aromatic rings. The molecule has 84 valence electrons. The standard InChI is InChI=1S/C11H19N3O/c12-10-9-13-7-5-11(10)14-6-3-1-2-4-8-15/h5,7,9,15H,1-4,6,8,12H2,(H,13,14). The second-order valence-electron chi connectivity index (χ2n) is 3.53. The Hall–Kier alpha value is -1.29. The van der Waals surface area contributed by atoms with Crippen LogP contribution in [0.5, 0.6) is 0 Å². The molecule has 0 aliphatic heterocycles. The van der Waals surface area contributed by atoms with Gasteiger partial charge >= 0.3 is 0 Å². The Labute approximate surface area is 90.5 Å². The summed E-state index contributed by atoms with van der Waals surface area (Å²) in [7, 11) is 0. The SMILES string of the molecule is Nc1cnccc1NCCCCCCO. The molecule has 1 heterocycles. The number of nitrogens with two attached hydrogens (primary N) is 1. The summed E-state index contributed by atoms with van der Waals surface area (Å²) in [6.07, 6.45) is 7.60. The Morgan fingerprint density at radius 3 is 2.80 bits per heavy atom. The minimum atomic E-state index is 0.296. The van der Waals surface area contributed by atoms with E-state index in [-0.39, 0.29) is 0 Å². The summed E-state index contributed by atoms with van der Waals surface area (Å²) in [6.45, 7) is 1.21. The maximum atomic E-state index is 8.60. The lowest BCUT2D eigenvalue weighted by atomic mass is 10.2. The predicted octanol–water partition coefficient (Wildman–Crippen LogP) is 1.63. The molecule has 0 aliphatic carbocycles. The number of hydrogen-bond donors (Lipinski definition) is 3. The Kier molecular flexibility index (Phi) is 5.55. The van der Waals surface area contributed by atoms with E-state index in [2.05, 4.69) is 10.3 Å². The maximum Gasteiger partial charge on any atom is 0.0736 e. The smallest absolute Gasteiger partial charge is 0.0736 e. The predicted molar refractivity (Wildman–Crippen MR) is 62.7 cm³/mol. The van der Waals surface area contributed by atoms with Gasteiger partial charge in [0.25, 0.3) is 0 Å². The van der Waals surface area contributed by atoms with Crippen LogP contribution < -0.4 is 11.1 Å². The third kappa shape index (κ3) is 4.65. The molecule has 0 aliphatic rings. The molecule has 0 aromatic carbocycles. The molecule has 0 atom stereocenters. The van der Waals surface area contributed by atoms with Gasteiger partial charge in [0.05, 0.1) is 17.6 Å². The number of pyridine rings is 1. The Bertz CT molecular complexity index is 278. The highest BCUT2D eigenvalue weighted by Crippen LogP contribution is 2.15. The number of aromatic nitrogens is 1. The molecule has 1 rings (SSSR count). The Balaban J connectivity index is 2.12. The molecule has 0 unspecified atom stereocenters. The highest BCUT2D eigenvalue weighted by Gasteiger charge is 1.96. The summed E-state index contributed by atoms with van der Waals surface area (Å²) in [5, 5.41) is 11.9. The van der Waals surface area contributed by atoms with Crippen molar-refractivity contribution in [2.24, 2.45) is 0 Å². The summed E-state index contributed by atoms with van der Waals surface area (Å²) in [5.41, 5.74) is 7.36. The number of rotatable bonds is 7. The van der Waals surface area contributed by atoms with Gasteiger partial charge in [0, 0.05) is 19.3 Å². The minimum Gasteiger partial charge on any atom is -0.396 e. The van der Waals surface area contributed by atoms with Gasteiger partial charge in [0.1, 0.15) is 0 Å². The average Bonchev–Trinajstić information content (AvgIpc) is 2.25. The third-order valence-corrected chi connectivity index (χ3v) is 2.25.